The van der Waals surface area contributed by atoms with Crippen LogP contribution >= 0.6 is 17.3 Å². The van der Waals surface area contributed by atoms with E-state index in [2.05, 4.69) is 18.2 Å². The van der Waals surface area contributed by atoms with Crippen molar-refractivity contribution in [3.05, 3.63) is 0 Å². The van der Waals surface area contributed by atoms with Gasteiger partial charge < -0.3 is 9.05 Å². The van der Waals surface area contributed by atoms with Crippen LogP contribution in [0.15, 0.2) is 0 Å². The van der Waals surface area contributed by atoms with Gasteiger partial charge in [-0.2, -0.15) is 0 Å². The van der Waals surface area contributed by atoms with E-state index in [1.54, 1.807) is 25.8 Å². The van der Waals surface area contributed by atoms with Crippen LogP contribution in [0.25, 0.3) is 0 Å². The molecule has 0 N–H and O–H groups in total. The Balaban J connectivity index is 2.62. The van der Waals surface area contributed by atoms with Crippen LogP contribution in [0, 0.1) is 0 Å². The fourth-order valence-corrected chi connectivity index (χ4v) is 5.39. The summed E-state index contributed by atoms with van der Waals surface area (Å²) in [5, 5.41) is 0. The molecule has 1 fully saturated rings. The highest BCUT2D eigenvalue weighted by Gasteiger charge is 2.33. The van der Waals surface area contributed by atoms with Gasteiger partial charge in [-0.3, -0.25) is 0 Å². The Morgan fingerprint density at radius 1 is 1.21 bits per heavy atom. The smallest absolute Gasteiger partial charge is 0.261 e. The summed E-state index contributed by atoms with van der Waals surface area (Å²) in [5.74, 6) is 0. The number of nitrogens with zero attached hydrogens (tertiary/aromatic N) is 1. The minimum Gasteiger partial charge on any atom is -0.324 e. The summed E-state index contributed by atoms with van der Waals surface area (Å²) in [6, 6.07) is 1.14. The number of hydrogen-bond acceptors (Lipinski definition) is 5. The quantitative estimate of drug-likeness (QED) is 0.567. The summed E-state index contributed by atoms with van der Waals surface area (Å²) >= 11 is 6.92. The van der Waals surface area contributed by atoms with Crippen LogP contribution in [0.2, 0.25) is 0 Å². The predicted octanol–water partition coefficient (Wildman–Crippen LogP) is 3.02. The standard InChI is InChI=1S/C8H18NO2PS2/c1-7-5-6-8(2)9(7)14-12(13,10-3)11-4/h7-8H,5-6H2,1-4H3. The minimum atomic E-state index is -2.13. The first-order valence-electron chi connectivity index (χ1n) is 4.72. The molecule has 0 spiro atoms. The first-order valence-corrected chi connectivity index (χ1v) is 8.73. The van der Waals surface area contributed by atoms with Crippen molar-refractivity contribution < 1.29 is 9.05 Å². The van der Waals surface area contributed by atoms with E-state index in [9.17, 15) is 0 Å². The fourth-order valence-electron chi connectivity index (χ4n) is 1.59. The van der Waals surface area contributed by atoms with Crippen molar-refractivity contribution in [2.24, 2.45) is 0 Å². The Hall–Kier alpha value is 0.880. The maximum Gasteiger partial charge on any atom is 0.261 e. The summed E-state index contributed by atoms with van der Waals surface area (Å²) in [6.07, 6.45) is 2.47. The van der Waals surface area contributed by atoms with Gasteiger partial charge in [-0.05, 0) is 38.5 Å². The lowest BCUT2D eigenvalue weighted by atomic mass is 10.2. The van der Waals surface area contributed by atoms with Crippen LogP contribution in [0.3, 0.4) is 0 Å². The van der Waals surface area contributed by atoms with Gasteiger partial charge in [0.15, 0.2) is 0 Å². The first-order chi connectivity index (χ1) is 6.52. The Morgan fingerprint density at radius 2 is 1.64 bits per heavy atom. The molecule has 0 aromatic carbocycles. The molecule has 84 valence electrons. The maximum absolute atomic E-state index is 5.33. The minimum absolute atomic E-state index is 0.572. The highest BCUT2D eigenvalue weighted by atomic mass is 32.9. The molecule has 3 nitrogen and oxygen atoms in total. The lowest BCUT2D eigenvalue weighted by Gasteiger charge is -2.28. The van der Waals surface area contributed by atoms with Gasteiger partial charge >= 0.3 is 0 Å². The van der Waals surface area contributed by atoms with Gasteiger partial charge in [0.05, 0.1) is 0 Å². The van der Waals surface area contributed by atoms with Crippen molar-refractivity contribution in [3.63, 3.8) is 0 Å². The fraction of sp³-hybridized carbons (Fsp3) is 1.00. The topological polar surface area (TPSA) is 21.7 Å². The Kier molecular flexibility index (Phi) is 4.88. The molecule has 0 aromatic heterocycles. The Labute approximate surface area is 95.6 Å². The number of rotatable bonds is 4. The van der Waals surface area contributed by atoms with E-state index in [0.29, 0.717) is 12.1 Å². The molecule has 6 heteroatoms. The summed E-state index contributed by atoms with van der Waals surface area (Å²) in [6.45, 7) is 4.45. The highest BCUT2D eigenvalue weighted by Crippen LogP contribution is 2.62. The lowest BCUT2D eigenvalue weighted by molar-refractivity contribution is 0.347. The van der Waals surface area contributed by atoms with Gasteiger partial charge in [0.1, 0.15) is 0 Å². The molecule has 2 atom stereocenters. The molecule has 1 aliphatic heterocycles. The summed E-state index contributed by atoms with van der Waals surface area (Å²) < 4.78 is 12.9. The third-order valence-corrected chi connectivity index (χ3v) is 8.07. The number of hydrogen-bond donors (Lipinski definition) is 0. The molecular formula is C8H18NO2PS2. The molecule has 2 unspecified atom stereocenters. The molecule has 0 bridgehead atoms. The van der Waals surface area contributed by atoms with Gasteiger partial charge in [0.25, 0.3) is 5.69 Å². The molecule has 0 aromatic rings. The molecule has 1 heterocycles. The van der Waals surface area contributed by atoms with E-state index in [-0.39, 0.29) is 0 Å². The van der Waals surface area contributed by atoms with Crippen molar-refractivity contribution in [2.45, 2.75) is 38.8 Å². The van der Waals surface area contributed by atoms with E-state index < -0.39 is 5.69 Å². The predicted molar refractivity (Wildman–Crippen MR) is 65.9 cm³/mol. The van der Waals surface area contributed by atoms with Crippen molar-refractivity contribution in [2.75, 3.05) is 14.2 Å². The van der Waals surface area contributed by atoms with Crippen molar-refractivity contribution in [1.82, 2.24) is 4.31 Å². The van der Waals surface area contributed by atoms with Gasteiger partial charge in [-0.25, -0.2) is 4.31 Å². The third-order valence-electron chi connectivity index (χ3n) is 2.51. The largest absolute Gasteiger partial charge is 0.324 e. The zero-order chi connectivity index (χ0) is 10.8. The third kappa shape index (κ3) is 2.94. The van der Waals surface area contributed by atoms with E-state index in [1.165, 1.54) is 12.8 Å². The molecule has 1 rings (SSSR count). The zero-order valence-electron chi connectivity index (χ0n) is 9.10. The molecular weight excluding hydrogens is 237 g/mol. The van der Waals surface area contributed by atoms with Crippen LogP contribution in [0.4, 0.5) is 0 Å². The maximum atomic E-state index is 5.33. The normalized spacial score (nSPS) is 29.7. The molecule has 0 radical (unpaired) electrons. The molecule has 0 aliphatic carbocycles. The van der Waals surface area contributed by atoms with Gasteiger partial charge in [-0.15, -0.1) is 0 Å². The van der Waals surface area contributed by atoms with Crippen LogP contribution in [0.5, 0.6) is 0 Å². The van der Waals surface area contributed by atoms with Crippen LogP contribution in [-0.4, -0.2) is 30.6 Å². The summed E-state index contributed by atoms with van der Waals surface area (Å²) in [5.41, 5.74) is -2.13. The van der Waals surface area contributed by atoms with Crippen molar-refractivity contribution in [3.8, 4) is 0 Å². The van der Waals surface area contributed by atoms with Crippen LogP contribution in [-0.2, 0) is 20.9 Å². The van der Waals surface area contributed by atoms with E-state index in [0.717, 1.165) is 0 Å². The van der Waals surface area contributed by atoms with Gasteiger partial charge in [0, 0.05) is 37.9 Å². The van der Waals surface area contributed by atoms with E-state index >= 15 is 0 Å². The monoisotopic (exact) mass is 255 g/mol. The van der Waals surface area contributed by atoms with E-state index in [1.807, 2.05) is 0 Å². The van der Waals surface area contributed by atoms with E-state index in [4.69, 9.17) is 20.9 Å². The molecule has 14 heavy (non-hydrogen) atoms. The SMILES string of the molecule is COP(=S)(OC)SN1C(C)CCC1C. The van der Waals surface area contributed by atoms with Crippen molar-refractivity contribution >= 4 is 29.1 Å². The molecule has 0 saturated carbocycles. The average molecular weight is 255 g/mol. The van der Waals surface area contributed by atoms with Crippen LogP contribution in [0.1, 0.15) is 26.7 Å². The summed E-state index contributed by atoms with van der Waals surface area (Å²) in [4.78, 5) is 0. The second kappa shape index (κ2) is 5.28. The molecule has 1 saturated heterocycles. The average Bonchev–Trinajstić information content (AvgIpc) is 2.49. The van der Waals surface area contributed by atoms with Gasteiger partial charge in [-0.1, -0.05) is 0 Å². The Morgan fingerprint density at radius 3 is 2.00 bits per heavy atom. The van der Waals surface area contributed by atoms with Gasteiger partial charge in [0.2, 0.25) is 0 Å². The second-order valence-electron chi connectivity index (χ2n) is 3.53. The second-order valence-corrected chi connectivity index (χ2v) is 9.81. The first kappa shape index (κ1) is 12.9. The summed E-state index contributed by atoms with van der Waals surface area (Å²) in [7, 11) is 3.26. The highest BCUT2D eigenvalue weighted by molar-refractivity contribution is 8.67. The molecule has 1 aliphatic rings. The zero-order valence-corrected chi connectivity index (χ0v) is 11.6. The van der Waals surface area contributed by atoms with Crippen LogP contribution < -0.4 is 0 Å². The lowest BCUT2D eigenvalue weighted by Crippen LogP contribution is -2.25. The molecule has 0 amide bonds. The Bertz CT molecular complexity index is 221. The van der Waals surface area contributed by atoms with Crippen molar-refractivity contribution in [1.29, 1.82) is 0 Å².